The van der Waals surface area contributed by atoms with Gasteiger partial charge in [0.1, 0.15) is 6.04 Å². The Bertz CT molecular complexity index is 293. The molecule has 1 aliphatic rings. The summed E-state index contributed by atoms with van der Waals surface area (Å²) in [7, 11) is 0. The molecular formula is C12H22N2O3. The largest absolute Gasteiger partial charge is 0.480 e. The van der Waals surface area contributed by atoms with E-state index in [1.165, 1.54) is 6.42 Å². The summed E-state index contributed by atoms with van der Waals surface area (Å²) >= 11 is 0. The number of nitrogens with one attached hydrogen (secondary N) is 2. The fourth-order valence-electron chi connectivity index (χ4n) is 1.76. The van der Waals surface area contributed by atoms with E-state index in [1.54, 1.807) is 20.8 Å². The summed E-state index contributed by atoms with van der Waals surface area (Å²) in [6, 6.07) is -1.26. The number of carboxylic acids is 1. The summed E-state index contributed by atoms with van der Waals surface area (Å²) in [5, 5.41) is 14.3. The summed E-state index contributed by atoms with van der Waals surface area (Å²) in [5.41, 5.74) is -0.500. The van der Waals surface area contributed by atoms with Gasteiger partial charge in [-0.3, -0.25) is 0 Å². The van der Waals surface area contributed by atoms with Gasteiger partial charge in [-0.2, -0.15) is 0 Å². The smallest absolute Gasteiger partial charge is 0.326 e. The van der Waals surface area contributed by atoms with Crippen LogP contribution in [0.4, 0.5) is 4.79 Å². The van der Waals surface area contributed by atoms with Crippen LogP contribution in [0.2, 0.25) is 0 Å². The molecule has 5 heteroatoms. The van der Waals surface area contributed by atoms with Crippen molar-refractivity contribution in [2.75, 3.05) is 6.54 Å². The van der Waals surface area contributed by atoms with Gasteiger partial charge in [-0.15, -0.1) is 0 Å². The first-order valence-electron chi connectivity index (χ1n) is 6.08. The van der Waals surface area contributed by atoms with Crippen molar-refractivity contribution < 1.29 is 14.7 Å². The molecule has 0 aromatic rings. The summed E-state index contributed by atoms with van der Waals surface area (Å²) in [4.78, 5) is 22.6. The molecule has 1 atom stereocenters. The fourth-order valence-corrected chi connectivity index (χ4v) is 1.76. The molecular weight excluding hydrogens is 220 g/mol. The molecule has 2 amide bonds. The van der Waals surface area contributed by atoms with Gasteiger partial charge in [0.05, 0.1) is 0 Å². The normalized spacial score (nSPS) is 18.1. The molecule has 0 unspecified atom stereocenters. The van der Waals surface area contributed by atoms with Gasteiger partial charge < -0.3 is 15.7 Å². The van der Waals surface area contributed by atoms with Crippen molar-refractivity contribution in [1.29, 1.82) is 0 Å². The highest BCUT2D eigenvalue weighted by molar-refractivity contribution is 5.83. The number of carbonyl (C=O) groups is 2. The zero-order valence-corrected chi connectivity index (χ0v) is 10.7. The third-order valence-corrected chi connectivity index (χ3v) is 3.16. The minimum absolute atomic E-state index is 0.390. The van der Waals surface area contributed by atoms with Gasteiger partial charge in [0.15, 0.2) is 0 Å². The molecule has 1 aliphatic carbocycles. The SMILES string of the molecule is CC(C)(C)[C@H](NC(=O)NCC1CCC1)C(=O)O. The van der Waals surface area contributed by atoms with Crippen LogP contribution in [0.5, 0.6) is 0 Å². The summed E-state index contributed by atoms with van der Waals surface area (Å²) in [6.07, 6.45) is 3.54. The monoisotopic (exact) mass is 242 g/mol. The van der Waals surface area contributed by atoms with Crippen molar-refractivity contribution in [3.05, 3.63) is 0 Å². The Hall–Kier alpha value is -1.26. The van der Waals surface area contributed by atoms with Crippen LogP contribution in [0, 0.1) is 11.3 Å². The van der Waals surface area contributed by atoms with Crippen LogP contribution < -0.4 is 10.6 Å². The third kappa shape index (κ3) is 4.24. The fraction of sp³-hybridized carbons (Fsp3) is 0.833. The van der Waals surface area contributed by atoms with Crippen LogP contribution >= 0.6 is 0 Å². The number of carbonyl (C=O) groups excluding carboxylic acids is 1. The number of carboxylic acid groups (broad SMARTS) is 1. The van der Waals surface area contributed by atoms with Crippen LogP contribution in [0.15, 0.2) is 0 Å². The lowest BCUT2D eigenvalue weighted by atomic mass is 9.85. The number of urea groups is 1. The highest BCUT2D eigenvalue weighted by atomic mass is 16.4. The van der Waals surface area contributed by atoms with E-state index in [4.69, 9.17) is 5.11 Å². The molecule has 1 rings (SSSR count). The van der Waals surface area contributed by atoms with Crippen molar-refractivity contribution in [1.82, 2.24) is 10.6 Å². The van der Waals surface area contributed by atoms with Crippen molar-refractivity contribution in [3.63, 3.8) is 0 Å². The van der Waals surface area contributed by atoms with Crippen molar-refractivity contribution in [2.24, 2.45) is 11.3 Å². The van der Waals surface area contributed by atoms with Gasteiger partial charge in [0, 0.05) is 6.54 Å². The quantitative estimate of drug-likeness (QED) is 0.700. The first-order chi connectivity index (χ1) is 7.80. The molecule has 0 aromatic carbocycles. The van der Waals surface area contributed by atoms with Gasteiger partial charge >= 0.3 is 12.0 Å². The molecule has 5 nitrogen and oxygen atoms in total. The lowest BCUT2D eigenvalue weighted by Gasteiger charge is -2.29. The minimum atomic E-state index is -1.00. The van der Waals surface area contributed by atoms with E-state index >= 15 is 0 Å². The number of amides is 2. The zero-order chi connectivity index (χ0) is 13.1. The number of aliphatic carboxylic acids is 1. The Morgan fingerprint density at radius 3 is 2.29 bits per heavy atom. The molecule has 0 aromatic heterocycles. The lowest BCUT2D eigenvalue weighted by Crippen LogP contribution is -2.53. The van der Waals surface area contributed by atoms with Crippen molar-refractivity contribution in [2.45, 2.75) is 46.1 Å². The van der Waals surface area contributed by atoms with E-state index in [0.29, 0.717) is 12.5 Å². The lowest BCUT2D eigenvalue weighted by molar-refractivity contribution is -0.141. The molecule has 17 heavy (non-hydrogen) atoms. The van der Waals surface area contributed by atoms with Gasteiger partial charge in [-0.1, -0.05) is 27.2 Å². The minimum Gasteiger partial charge on any atom is -0.480 e. The zero-order valence-electron chi connectivity index (χ0n) is 10.7. The Morgan fingerprint density at radius 2 is 1.94 bits per heavy atom. The number of rotatable bonds is 4. The maximum Gasteiger partial charge on any atom is 0.326 e. The van der Waals surface area contributed by atoms with E-state index in [-0.39, 0.29) is 6.03 Å². The van der Waals surface area contributed by atoms with Crippen LogP contribution in [0.1, 0.15) is 40.0 Å². The van der Waals surface area contributed by atoms with Crippen molar-refractivity contribution in [3.8, 4) is 0 Å². The van der Waals surface area contributed by atoms with Crippen LogP contribution in [0.3, 0.4) is 0 Å². The summed E-state index contributed by atoms with van der Waals surface area (Å²) < 4.78 is 0. The predicted molar refractivity (Wildman–Crippen MR) is 64.8 cm³/mol. The molecule has 0 saturated heterocycles. The van der Waals surface area contributed by atoms with Crippen molar-refractivity contribution >= 4 is 12.0 Å². The van der Waals surface area contributed by atoms with E-state index < -0.39 is 17.4 Å². The molecule has 0 heterocycles. The van der Waals surface area contributed by atoms with Gasteiger partial charge in [-0.05, 0) is 24.2 Å². The molecule has 1 saturated carbocycles. The Labute approximate surface area is 102 Å². The molecule has 0 aliphatic heterocycles. The van der Waals surface area contributed by atoms with Gasteiger partial charge in [-0.25, -0.2) is 9.59 Å². The number of hydrogen-bond donors (Lipinski definition) is 3. The standard InChI is InChI=1S/C12H22N2O3/c1-12(2,3)9(10(15)16)14-11(17)13-7-8-5-4-6-8/h8-9H,4-7H2,1-3H3,(H,15,16)(H2,13,14,17)/t9-/m1/s1. The second-order valence-electron chi connectivity index (χ2n) is 5.79. The molecule has 98 valence electrons. The van der Waals surface area contributed by atoms with Gasteiger partial charge in [0.2, 0.25) is 0 Å². The average Bonchev–Trinajstić information content (AvgIpc) is 2.09. The Balaban J connectivity index is 2.38. The summed E-state index contributed by atoms with van der Waals surface area (Å²) in [5.74, 6) is -0.435. The highest BCUT2D eigenvalue weighted by Gasteiger charge is 2.32. The van der Waals surface area contributed by atoms with E-state index in [0.717, 1.165) is 12.8 Å². The second-order valence-corrected chi connectivity index (χ2v) is 5.79. The Kier molecular flexibility index (Phi) is 4.37. The van der Waals surface area contributed by atoms with E-state index in [9.17, 15) is 9.59 Å². The topological polar surface area (TPSA) is 78.4 Å². The Morgan fingerprint density at radius 1 is 1.35 bits per heavy atom. The van der Waals surface area contributed by atoms with Crippen LogP contribution in [-0.4, -0.2) is 29.7 Å². The summed E-state index contributed by atoms with van der Waals surface area (Å²) in [6.45, 7) is 6.01. The van der Waals surface area contributed by atoms with E-state index in [2.05, 4.69) is 10.6 Å². The molecule has 1 fully saturated rings. The first-order valence-corrected chi connectivity index (χ1v) is 6.08. The third-order valence-electron chi connectivity index (χ3n) is 3.16. The second kappa shape index (κ2) is 5.38. The predicted octanol–water partition coefficient (Wildman–Crippen LogP) is 1.59. The number of hydrogen-bond acceptors (Lipinski definition) is 2. The molecule has 3 N–H and O–H groups in total. The average molecular weight is 242 g/mol. The van der Waals surface area contributed by atoms with Crippen LogP contribution in [0.25, 0.3) is 0 Å². The highest BCUT2D eigenvalue weighted by Crippen LogP contribution is 2.25. The van der Waals surface area contributed by atoms with Gasteiger partial charge in [0.25, 0.3) is 0 Å². The van der Waals surface area contributed by atoms with Crippen LogP contribution in [-0.2, 0) is 4.79 Å². The first kappa shape index (κ1) is 13.8. The van der Waals surface area contributed by atoms with E-state index in [1.807, 2.05) is 0 Å². The molecule has 0 radical (unpaired) electrons. The maximum absolute atomic E-state index is 11.6. The maximum atomic E-state index is 11.6. The molecule has 0 bridgehead atoms. The molecule has 0 spiro atoms.